The highest BCUT2D eigenvalue weighted by Crippen LogP contribution is 2.45. The minimum absolute atomic E-state index is 0.169. The first kappa shape index (κ1) is 16.1. The van der Waals surface area contributed by atoms with Crippen LogP contribution in [0.4, 0.5) is 0 Å². The van der Waals surface area contributed by atoms with Crippen molar-refractivity contribution in [3.63, 3.8) is 0 Å². The molecule has 2 aliphatic rings. The van der Waals surface area contributed by atoms with Crippen LogP contribution in [0.5, 0.6) is 0 Å². The number of benzene rings is 1. The van der Waals surface area contributed by atoms with Gasteiger partial charge in [-0.05, 0) is 23.9 Å². The number of piperidine rings is 1. The van der Waals surface area contributed by atoms with E-state index in [0.29, 0.717) is 25.7 Å². The van der Waals surface area contributed by atoms with Gasteiger partial charge in [-0.2, -0.15) is 0 Å². The fraction of sp³-hybridized carbons (Fsp3) is 0.579. The first-order valence-corrected chi connectivity index (χ1v) is 8.96. The average Bonchev–Trinajstić information content (AvgIpc) is 3.23. The van der Waals surface area contributed by atoms with Crippen molar-refractivity contribution >= 4 is 10.9 Å². The number of aromatic amines is 1. The highest BCUT2D eigenvalue weighted by atomic mass is 16.7. The molecule has 1 aromatic carbocycles. The Kier molecular flexibility index (Phi) is 4.35. The molecular formula is C19H26N2O3. The molecule has 0 aliphatic carbocycles. The van der Waals surface area contributed by atoms with E-state index in [4.69, 9.17) is 9.47 Å². The molecule has 2 aliphatic heterocycles. The molecule has 1 aromatic heterocycles. The molecule has 3 heterocycles. The summed E-state index contributed by atoms with van der Waals surface area (Å²) in [6.45, 7) is 5.27. The number of nitrogens with zero attached hydrogens (tertiary/aromatic N) is 1. The number of hydrogen-bond donors (Lipinski definition) is 2. The molecule has 4 rings (SSSR count). The molecule has 0 unspecified atom stereocenters. The summed E-state index contributed by atoms with van der Waals surface area (Å²) in [4.78, 5) is 5.93. The summed E-state index contributed by atoms with van der Waals surface area (Å²) in [5.41, 5.74) is 2.33. The van der Waals surface area contributed by atoms with Crippen molar-refractivity contribution in [1.82, 2.24) is 9.88 Å². The largest absolute Gasteiger partial charge is 0.395 e. The van der Waals surface area contributed by atoms with E-state index in [1.54, 1.807) is 0 Å². The lowest BCUT2D eigenvalue weighted by atomic mass is 9.83. The third-order valence-electron chi connectivity index (χ3n) is 5.56. The Morgan fingerprint density at radius 1 is 1.29 bits per heavy atom. The number of aliphatic hydroxyl groups is 1. The molecule has 2 fully saturated rings. The summed E-state index contributed by atoms with van der Waals surface area (Å²) >= 11 is 0. The standard InChI is InChI=1S/C19H26N2O3/c1-2-15-13-21(7-8-22)18(12-19(15)23-9-10-24-19)17-11-14-5-3-4-6-16(14)20-17/h3-6,11,15,18,20,22H,2,7-10,12-13H2,1H3/t15-,18-/m0/s1. The van der Waals surface area contributed by atoms with E-state index in [-0.39, 0.29) is 12.6 Å². The fourth-order valence-electron chi connectivity index (χ4n) is 4.34. The minimum Gasteiger partial charge on any atom is -0.395 e. The van der Waals surface area contributed by atoms with Crippen LogP contribution in [-0.2, 0) is 9.47 Å². The number of nitrogens with one attached hydrogen (secondary N) is 1. The Hall–Kier alpha value is -1.40. The summed E-state index contributed by atoms with van der Waals surface area (Å²) in [6.07, 6.45) is 1.82. The van der Waals surface area contributed by atoms with E-state index in [1.807, 2.05) is 6.07 Å². The molecule has 24 heavy (non-hydrogen) atoms. The molecule has 2 atom stereocenters. The quantitative estimate of drug-likeness (QED) is 0.905. The number of rotatable bonds is 4. The van der Waals surface area contributed by atoms with Crippen LogP contribution in [0, 0.1) is 5.92 Å². The van der Waals surface area contributed by atoms with Gasteiger partial charge >= 0.3 is 0 Å². The molecule has 2 aromatic rings. The maximum atomic E-state index is 9.52. The van der Waals surface area contributed by atoms with Crippen LogP contribution in [0.15, 0.2) is 30.3 Å². The average molecular weight is 330 g/mol. The van der Waals surface area contributed by atoms with E-state index < -0.39 is 5.79 Å². The van der Waals surface area contributed by atoms with Crippen LogP contribution in [0.1, 0.15) is 31.5 Å². The zero-order valence-corrected chi connectivity index (χ0v) is 14.2. The maximum absolute atomic E-state index is 9.52. The van der Waals surface area contributed by atoms with Gasteiger partial charge in [0.15, 0.2) is 5.79 Å². The van der Waals surface area contributed by atoms with E-state index in [1.165, 1.54) is 11.1 Å². The summed E-state index contributed by atoms with van der Waals surface area (Å²) in [6, 6.07) is 10.7. The maximum Gasteiger partial charge on any atom is 0.174 e. The number of hydrogen-bond acceptors (Lipinski definition) is 4. The molecule has 0 amide bonds. The molecule has 5 nitrogen and oxygen atoms in total. The summed E-state index contributed by atoms with van der Waals surface area (Å²) in [5, 5.41) is 10.7. The van der Waals surface area contributed by atoms with Gasteiger partial charge in [0.05, 0.1) is 25.9 Å². The van der Waals surface area contributed by atoms with Gasteiger partial charge in [0, 0.05) is 36.6 Å². The molecule has 2 saturated heterocycles. The Bertz CT molecular complexity index is 660. The highest BCUT2D eigenvalue weighted by Gasteiger charge is 2.50. The predicted octanol–water partition coefficient (Wildman–Crippen LogP) is 2.68. The second-order valence-corrected chi connectivity index (χ2v) is 6.86. The SMILES string of the molecule is CC[C@H]1CN(CCO)[C@H](c2cc3ccccc3[nH]2)CC12OCCO2. The smallest absolute Gasteiger partial charge is 0.174 e. The lowest BCUT2D eigenvalue weighted by Gasteiger charge is -2.48. The van der Waals surface area contributed by atoms with Crippen molar-refractivity contribution in [2.45, 2.75) is 31.6 Å². The van der Waals surface area contributed by atoms with Crippen LogP contribution in [0.25, 0.3) is 10.9 Å². The highest BCUT2D eigenvalue weighted by molar-refractivity contribution is 5.80. The van der Waals surface area contributed by atoms with Crippen molar-refractivity contribution in [2.75, 3.05) is 32.9 Å². The molecule has 2 N–H and O–H groups in total. The van der Waals surface area contributed by atoms with Gasteiger partial charge in [-0.15, -0.1) is 0 Å². The molecule has 0 radical (unpaired) electrons. The zero-order chi connectivity index (χ0) is 16.6. The topological polar surface area (TPSA) is 57.7 Å². The second kappa shape index (κ2) is 6.48. The van der Waals surface area contributed by atoms with Crippen LogP contribution >= 0.6 is 0 Å². The van der Waals surface area contributed by atoms with Gasteiger partial charge in [-0.1, -0.05) is 25.1 Å². The third-order valence-corrected chi connectivity index (χ3v) is 5.56. The van der Waals surface area contributed by atoms with Crippen molar-refractivity contribution in [3.05, 3.63) is 36.0 Å². The molecule has 130 valence electrons. The summed E-state index contributed by atoms with van der Waals surface area (Å²) in [5.74, 6) is -0.130. The van der Waals surface area contributed by atoms with Crippen LogP contribution < -0.4 is 0 Å². The van der Waals surface area contributed by atoms with E-state index in [2.05, 4.69) is 41.1 Å². The van der Waals surface area contributed by atoms with Gasteiger partial charge in [0.2, 0.25) is 0 Å². The van der Waals surface area contributed by atoms with Gasteiger partial charge in [-0.25, -0.2) is 0 Å². The Labute approximate surface area is 142 Å². The lowest BCUT2D eigenvalue weighted by molar-refractivity contribution is -0.234. The number of aromatic nitrogens is 1. The zero-order valence-electron chi connectivity index (χ0n) is 14.2. The molecule has 1 spiro atoms. The normalized spacial score (nSPS) is 27.2. The third kappa shape index (κ3) is 2.65. The molecule has 5 heteroatoms. The second-order valence-electron chi connectivity index (χ2n) is 6.86. The number of β-amino-alcohol motifs (C(OH)–C–C–N with tert-alkyl or cyclic N) is 1. The van der Waals surface area contributed by atoms with Gasteiger partial charge < -0.3 is 19.6 Å². The summed E-state index contributed by atoms with van der Waals surface area (Å²) < 4.78 is 12.2. The monoisotopic (exact) mass is 330 g/mol. The minimum atomic E-state index is -0.470. The molecular weight excluding hydrogens is 304 g/mol. The first-order valence-electron chi connectivity index (χ1n) is 8.96. The van der Waals surface area contributed by atoms with Gasteiger partial charge in [0.1, 0.15) is 0 Å². The van der Waals surface area contributed by atoms with Crippen molar-refractivity contribution in [1.29, 1.82) is 0 Å². The van der Waals surface area contributed by atoms with E-state index in [0.717, 1.165) is 24.9 Å². The lowest BCUT2D eigenvalue weighted by Crippen LogP contribution is -2.54. The van der Waals surface area contributed by atoms with Crippen LogP contribution in [0.2, 0.25) is 0 Å². The number of likely N-dealkylation sites (tertiary alicyclic amines) is 1. The number of ether oxygens (including phenoxy) is 2. The number of fused-ring (bicyclic) bond motifs is 1. The molecule has 0 saturated carbocycles. The van der Waals surface area contributed by atoms with E-state index in [9.17, 15) is 5.11 Å². The summed E-state index contributed by atoms with van der Waals surface area (Å²) in [7, 11) is 0. The predicted molar refractivity (Wildman–Crippen MR) is 92.7 cm³/mol. The number of para-hydroxylation sites is 1. The van der Waals surface area contributed by atoms with Crippen LogP contribution in [0.3, 0.4) is 0 Å². The molecule has 0 bridgehead atoms. The fourth-order valence-corrected chi connectivity index (χ4v) is 4.34. The van der Waals surface area contributed by atoms with Crippen molar-refractivity contribution < 1.29 is 14.6 Å². The van der Waals surface area contributed by atoms with Crippen LogP contribution in [-0.4, -0.2) is 53.7 Å². The Morgan fingerprint density at radius 2 is 2.08 bits per heavy atom. The number of H-pyrrole nitrogens is 1. The van der Waals surface area contributed by atoms with E-state index >= 15 is 0 Å². The Morgan fingerprint density at radius 3 is 2.79 bits per heavy atom. The first-order chi connectivity index (χ1) is 11.8. The van der Waals surface area contributed by atoms with Crippen molar-refractivity contribution in [2.24, 2.45) is 5.92 Å². The Balaban J connectivity index is 1.69. The van der Waals surface area contributed by atoms with Gasteiger partial charge in [0.25, 0.3) is 0 Å². The number of aliphatic hydroxyl groups excluding tert-OH is 1. The van der Waals surface area contributed by atoms with Gasteiger partial charge in [-0.3, -0.25) is 4.90 Å². The van der Waals surface area contributed by atoms with Crippen molar-refractivity contribution in [3.8, 4) is 0 Å².